The number of nitrogens with zero attached hydrogens (tertiary/aromatic N) is 2. The molecular weight excluding hydrogens is 324 g/mol. The molecule has 0 spiro atoms. The zero-order valence-corrected chi connectivity index (χ0v) is 15.3. The summed E-state index contributed by atoms with van der Waals surface area (Å²) >= 11 is 0. The molecule has 0 radical (unpaired) electrons. The molecule has 2 heterocycles. The second-order valence-electron chi connectivity index (χ2n) is 6.64. The van der Waals surface area contributed by atoms with Gasteiger partial charge in [-0.1, -0.05) is 36.4 Å². The van der Waals surface area contributed by atoms with Gasteiger partial charge in [0.15, 0.2) is 0 Å². The molecule has 0 aliphatic carbocycles. The van der Waals surface area contributed by atoms with Crippen LogP contribution in [0.25, 0.3) is 21.8 Å². The van der Waals surface area contributed by atoms with E-state index in [2.05, 4.69) is 81.6 Å². The lowest BCUT2D eigenvalue weighted by molar-refractivity contribution is 1.40. The molecule has 4 aromatic rings. The number of hydrogen-bond donors (Lipinski definition) is 2. The minimum absolute atomic E-state index is 1.00. The summed E-state index contributed by atoms with van der Waals surface area (Å²) in [7, 11) is -2.00. The first-order chi connectivity index (χ1) is 12.1. The topological polar surface area (TPSA) is 49.8 Å². The summed E-state index contributed by atoms with van der Waals surface area (Å²) in [5.41, 5.74) is 4.14. The molecule has 0 amide bonds. The second-order valence-corrected chi connectivity index (χ2v) is 10.4. The van der Waals surface area contributed by atoms with Gasteiger partial charge in [-0.25, -0.2) is 0 Å². The fourth-order valence-corrected chi connectivity index (χ4v) is 4.93. The van der Waals surface area contributed by atoms with Crippen LogP contribution in [0.5, 0.6) is 0 Å². The number of aromatic nitrogens is 2. The van der Waals surface area contributed by atoms with E-state index in [4.69, 9.17) is 0 Å². The van der Waals surface area contributed by atoms with Gasteiger partial charge in [-0.15, -0.1) is 0 Å². The molecule has 4 nitrogen and oxygen atoms in total. The van der Waals surface area contributed by atoms with E-state index >= 15 is 0 Å². The molecule has 124 valence electrons. The van der Waals surface area contributed by atoms with Crippen LogP contribution in [0.2, 0.25) is 13.1 Å². The monoisotopic (exact) mass is 344 g/mol. The number of pyridine rings is 2. The maximum Gasteiger partial charge on any atom is 0.253 e. The van der Waals surface area contributed by atoms with Crippen LogP contribution in [0.4, 0.5) is 11.4 Å². The molecule has 0 bridgehead atoms. The first kappa shape index (κ1) is 15.6. The molecule has 2 N–H and O–H groups in total. The molecule has 0 aliphatic rings. The third-order valence-corrected chi connectivity index (χ3v) is 5.95. The van der Waals surface area contributed by atoms with Crippen molar-refractivity contribution < 1.29 is 0 Å². The van der Waals surface area contributed by atoms with Crippen molar-refractivity contribution in [3.8, 4) is 0 Å². The molecule has 0 unspecified atom stereocenters. The first-order valence-corrected chi connectivity index (χ1v) is 11.4. The maximum absolute atomic E-state index is 4.54. The van der Waals surface area contributed by atoms with E-state index in [0.717, 1.165) is 33.2 Å². The number of anilines is 2. The lowest BCUT2D eigenvalue weighted by Gasteiger charge is -2.28. The summed E-state index contributed by atoms with van der Waals surface area (Å²) < 4.78 is 0. The highest BCUT2D eigenvalue weighted by molar-refractivity contribution is 6.83. The Hall–Kier alpha value is -2.92. The van der Waals surface area contributed by atoms with Gasteiger partial charge in [0.1, 0.15) is 0 Å². The predicted octanol–water partition coefficient (Wildman–Crippen LogP) is 5.01. The van der Waals surface area contributed by atoms with E-state index in [-0.39, 0.29) is 0 Å². The van der Waals surface area contributed by atoms with Crippen molar-refractivity contribution in [3.05, 3.63) is 73.1 Å². The third kappa shape index (κ3) is 3.18. The molecule has 25 heavy (non-hydrogen) atoms. The van der Waals surface area contributed by atoms with E-state index in [0.29, 0.717) is 0 Å². The molecule has 2 aromatic carbocycles. The Kier molecular flexibility index (Phi) is 3.86. The van der Waals surface area contributed by atoms with Crippen molar-refractivity contribution in [2.75, 3.05) is 9.96 Å². The van der Waals surface area contributed by atoms with Crippen LogP contribution in [-0.2, 0) is 0 Å². The van der Waals surface area contributed by atoms with Gasteiger partial charge in [-0.05, 0) is 37.4 Å². The van der Waals surface area contributed by atoms with Gasteiger partial charge in [0.2, 0.25) is 0 Å². The van der Waals surface area contributed by atoms with Gasteiger partial charge in [-0.2, -0.15) is 0 Å². The van der Waals surface area contributed by atoms with Crippen molar-refractivity contribution in [2.45, 2.75) is 13.1 Å². The van der Waals surface area contributed by atoms with Crippen molar-refractivity contribution in [2.24, 2.45) is 0 Å². The van der Waals surface area contributed by atoms with Gasteiger partial charge in [-0.3, -0.25) is 9.97 Å². The number of nitrogens with one attached hydrogen (secondary N) is 2. The van der Waals surface area contributed by atoms with Crippen molar-refractivity contribution in [1.82, 2.24) is 9.97 Å². The van der Waals surface area contributed by atoms with E-state index in [1.54, 1.807) is 0 Å². The quantitative estimate of drug-likeness (QED) is 0.511. The molecule has 0 fully saturated rings. The molecule has 5 heteroatoms. The summed E-state index contributed by atoms with van der Waals surface area (Å²) in [6.45, 7) is 4.49. The summed E-state index contributed by atoms with van der Waals surface area (Å²) in [6, 6.07) is 20.6. The van der Waals surface area contributed by atoms with Gasteiger partial charge >= 0.3 is 0 Å². The standard InChI is InChI=1S/C20H20N4Si/c1-25(2,23-17-11-3-7-15-9-5-13-21-19(15)17)24-18-12-4-8-16-10-6-14-22-20(16)18/h3-14,23-24H,1-2H3. The normalized spacial score (nSPS) is 11.6. The van der Waals surface area contributed by atoms with Gasteiger partial charge in [0.25, 0.3) is 8.40 Å². The highest BCUT2D eigenvalue weighted by atomic mass is 28.3. The number of rotatable bonds is 4. The van der Waals surface area contributed by atoms with Gasteiger partial charge in [0, 0.05) is 23.2 Å². The lowest BCUT2D eigenvalue weighted by Crippen LogP contribution is -2.46. The zero-order valence-electron chi connectivity index (χ0n) is 14.3. The van der Waals surface area contributed by atoms with Crippen LogP contribution in [0.1, 0.15) is 0 Å². The SMILES string of the molecule is C[Si](C)(Nc1cccc2cccnc12)Nc1cccc2cccnc12. The largest absolute Gasteiger partial charge is 0.393 e. The molecule has 4 rings (SSSR count). The average molecular weight is 344 g/mol. The fraction of sp³-hybridized carbons (Fsp3) is 0.100. The van der Waals surface area contributed by atoms with Crippen LogP contribution in [0, 0.1) is 0 Å². The Morgan fingerprint density at radius 3 is 1.56 bits per heavy atom. The number of hydrogen-bond acceptors (Lipinski definition) is 4. The van der Waals surface area contributed by atoms with Crippen molar-refractivity contribution >= 4 is 41.6 Å². The third-order valence-electron chi connectivity index (χ3n) is 4.16. The Labute approximate surface area is 148 Å². The summed E-state index contributed by atoms with van der Waals surface area (Å²) in [6.07, 6.45) is 3.67. The number of benzene rings is 2. The number of para-hydroxylation sites is 2. The molecule has 0 saturated heterocycles. The first-order valence-electron chi connectivity index (χ1n) is 8.36. The minimum Gasteiger partial charge on any atom is -0.393 e. The van der Waals surface area contributed by atoms with E-state index < -0.39 is 8.40 Å². The second kappa shape index (κ2) is 6.18. The molecular formula is C20H20N4Si. The highest BCUT2D eigenvalue weighted by Crippen LogP contribution is 2.26. The number of fused-ring (bicyclic) bond motifs is 2. The van der Waals surface area contributed by atoms with Crippen LogP contribution in [-0.4, -0.2) is 18.4 Å². The van der Waals surface area contributed by atoms with Gasteiger partial charge < -0.3 is 9.96 Å². The smallest absolute Gasteiger partial charge is 0.253 e. The lowest BCUT2D eigenvalue weighted by atomic mass is 10.2. The average Bonchev–Trinajstić information content (AvgIpc) is 2.62. The summed E-state index contributed by atoms with van der Waals surface area (Å²) in [4.78, 5) is 16.5. The Bertz CT molecular complexity index is 952. The van der Waals surface area contributed by atoms with Crippen LogP contribution in [0.15, 0.2) is 73.1 Å². The Morgan fingerprint density at radius 2 is 1.08 bits per heavy atom. The summed E-state index contributed by atoms with van der Waals surface area (Å²) in [5.74, 6) is 0. The van der Waals surface area contributed by atoms with E-state index in [1.165, 1.54) is 0 Å². The maximum atomic E-state index is 4.54. The van der Waals surface area contributed by atoms with Gasteiger partial charge in [0.05, 0.1) is 22.4 Å². The van der Waals surface area contributed by atoms with Crippen molar-refractivity contribution in [1.29, 1.82) is 0 Å². The molecule has 0 aliphatic heterocycles. The zero-order chi connectivity index (χ0) is 17.3. The summed E-state index contributed by atoms with van der Waals surface area (Å²) in [5, 5.41) is 2.29. The molecule has 0 saturated carbocycles. The van der Waals surface area contributed by atoms with E-state index in [9.17, 15) is 0 Å². The van der Waals surface area contributed by atoms with Crippen molar-refractivity contribution in [3.63, 3.8) is 0 Å². The highest BCUT2D eigenvalue weighted by Gasteiger charge is 2.23. The fourth-order valence-electron chi connectivity index (χ4n) is 3.11. The van der Waals surface area contributed by atoms with Crippen LogP contribution in [0.3, 0.4) is 0 Å². The molecule has 0 atom stereocenters. The van der Waals surface area contributed by atoms with Crippen LogP contribution >= 0.6 is 0 Å². The minimum atomic E-state index is -2.00. The Morgan fingerprint density at radius 1 is 0.640 bits per heavy atom. The predicted molar refractivity (Wildman–Crippen MR) is 108 cm³/mol. The molecule has 2 aromatic heterocycles. The Balaban J connectivity index is 1.67. The van der Waals surface area contributed by atoms with Crippen LogP contribution < -0.4 is 9.96 Å². The van der Waals surface area contributed by atoms with E-state index in [1.807, 2.05) is 24.5 Å².